The van der Waals surface area contributed by atoms with Gasteiger partial charge in [0.1, 0.15) is 0 Å². The fraction of sp³-hybridized carbons (Fsp3) is 0.133. The number of imide groups is 2. The second kappa shape index (κ2) is 5.97. The van der Waals surface area contributed by atoms with E-state index in [1.807, 2.05) is 30.3 Å². The third-order valence-corrected chi connectivity index (χ3v) is 2.84. The summed E-state index contributed by atoms with van der Waals surface area (Å²) >= 11 is 0. The number of carbonyl (C=O) groups excluding carboxylic acids is 3. The van der Waals surface area contributed by atoms with Crippen LogP contribution in [0, 0.1) is 0 Å². The molecule has 20 heavy (non-hydrogen) atoms. The maximum atomic E-state index is 11.9. The molecular formula is C15H14N2O3. The smallest absolute Gasteiger partial charge is 0.263 e. The lowest BCUT2D eigenvalue weighted by molar-refractivity contribution is -0.142. The van der Waals surface area contributed by atoms with Crippen LogP contribution in [-0.2, 0) is 9.59 Å². The van der Waals surface area contributed by atoms with Crippen molar-refractivity contribution in [3.63, 3.8) is 0 Å². The second-order valence-corrected chi connectivity index (χ2v) is 4.22. The lowest BCUT2D eigenvalue weighted by Crippen LogP contribution is -2.33. The van der Waals surface area contributed by atoms with E-state index in [4.69, 9.17) is 0 Å². The van der Waals surface area contributed by atoms with Gasteiger partial charge in [-0.3, -0.25) is 19.4 Å². The molecule has 102 valence electrons. The molecule has 1 heterocycles. The van der Waals surface area contributed by atoms with Crippen LogP contribution in [0.4, 0.5) is 4.79 Å². The van der Waals surface area contributed by atoms with Gasteiger partial charge in [0.15, 0.2) is 0 Å². The number of hydrogen-bond donors (Lipinski definition) is 0. The van der Waals surface area contributed by atoms with Gasteiger partial charge in [0, 0.05) is 13.1 Å². The first kappa shape index (κ1) is 13.7. The van der Waals surface area contributed by atoms with E-state index >= 15 is 0 Å². The van der Waals surface area contributed by atoms with Crippen molar-refractivity contribution >= 4 is 23.9 Å². The molecule has 0 unspecified atom stereocenters. The fourth-order valence-electron chi connectivity index (χ4n) is 1.86. The minimum atomic E-state index is -0.803. The Morgan fingerprint density at radius 3 is 2.15 bits per heavy atom. The summed E-state index contributed by atoms with van der Waals surface area (Å²) in [6.07, 6.45) is 4.88. The lowest BCUT2D eigenvalue weighted by atomic mass is 10.2. The zero-order valence-corrected chi connectivity index (χ0v) is 10.9. The highest BCUT2D eigenvalue weighted by atomic mass is 16.2. The Labute approximate surface area is 116 Å². The van der Waals surface area contributed by atoms with Gasteiger partial charge in [0.05, 0.1) is 0 Å². The van der Waals surface area contributed by atoms with Crippen LogP contribution >= 0.6 is 0 Å². The van der Waals surface area contributed by atoms with Gasteiger partial charge in [-0.1, -0.05) is 48.6 Å². The molecule has 0 aromatic heterocycles. The molecule has 1 aromatic carbocycles. The van der Waals surface area contributed by atoms with Gasteiger partial charge in [-0.05, 0) is 5.56 Å². The van der Waals surface area contributed by atoms with Crippen molar-refractivity contribution in [1.82, 2.24) is 9.80 Å². The normalized spacial score (nSPS) is 15.5. The third-order valence-electron chi connectivity index (χ3n) is 2.84. The molecule has 1 aliphatic heterocycles. The van der Waals surface area contributed by atoms with E-state index in [2.05, 4.69) is 6.58 Å². The van der Waals surface area contributed by atoms with Crippen LogP contribution in [-0.4, -0.2) is 40.7 Å². The van der Waals surface area contributed by atoms with E-state index in [-0.39, 0.29) is 13.1 Å². The van der Waals surface area contributed by atoms with E-state index in [0.717, 1.165) is 15.4 Å². The van der Waals surface area contributed by atoms with Crippen LogP contribution in [0.15, 0.2) is 49.1 Å². The van der Waals surface area contributed by atoms with Gasteiger partial charge in [-0.25, -0.2) is 4.79 Å². The molecule has 0 bridgehead atoms. The predicted octanol–water partition coefficient (Wildman–Crippen LogP) is 1.68. The number of carbonyl (C=O) groups is 3. The SMILES string of the molecule is C=CCN1C(=O)C(=O)N(C/C=C/c2ccccc2)C1=O. The second-order valence-electron chi connectivity index (χ2n) is 4.22. The van der Waals surface area contributed by atoms with E-state index < -0.39 is 17.8 Å². The highest BCUT2D eigenvalue weighted by Crippen LogP contribution is 2.12. The standard InChI is InChI=1S/C15H14N2O3/c1-2-10-16-13(18)14(19)17(15(16)20)11-6-9-12-7-4-3-5-8-12/h2-9H,1,10-11H2/b9-6+. The first-order chi connectivity index (χ1) is 9.65. The molecule has 0 spiro atoms. The molecule has 1 saturated heterocycles. The highest BCUT2D eigenvalue weighted by Gasteiger charge is 2.43. The van der Waals surface area contributed by atoms with E-state index in [1.165, 1.54) is 6.08 Å². The van der Waals surface area contributed by atoms with Crippen LogP contribution in [0.1, 0.15) is 5.56 Å². The summed E-state index contributed by atoms with van der Waals surface area (Å²) in [7, 11) is 0. The van der Waals surface area contributed by atoms with E-state index in [9.17, 15) is 14.4 Å². The monoisotopic (exact) mass is 270 g/mol. The summed E-state index contributed by atoms with van der Waals surface area (Å²) in [6, 6.07) is 8.88. The van der Waals surface area contributed by atoms with Gasteiger partial charge in [0.2, 0.25) is 0 Å². The largest absolute Gasteiger partial charge is 0.334 e. The van der Waals surface area contributed by atoms with E-state index in [1.54, 1.807) is 12.2 Å². The average Bonchev–Trinajstić information content (AvgIpc) is 2.66. The zero-order chi connectivity index (χ0) is 14.5. The summed E-state index contributed by atoms with van der Waals surface area (Å²) in [5.41, 5.74) is 0.959. The summed E-state index contributed by atoms with van der Waals surface area (Å²) < 4.78 is 0. The van der Waals surface area contributed by atoms with Crippen molar-refractivity contribution in [3.05, 3.63) is 54.6 Å². The molecule has 1 aromatic rings. The molecule has 0 N–H and O–H groups in total. The van der Waals surface area contributed by atoms with Crippen molar-refractivity contribution < 1.29 is 14.4 Å². The quantitative estimate of drug-likeness (QED) is 0.464. The van der Waals surface area contributed by atoms with Crippen LogP contribution < -0.4 is 0 Å². The number of nitrogens with zero attached hydrogens (tertiary/aromatic N) is 2. The molecule has 5 nitrogen and oxygen atoms in total. The van der Waals surface area contributed by atoms with Crippen molar-refractivity contribution in [2.75, 3.05) is 13.1 Å². The number of benzene rings is 1. The average molecular weight is 270 g/mol. The minimum absolute atomic E-state index is 0.0440. The molecule has 0 saturated carbocycles. The Kier molecular flexibility index (Phi) is 4.10. The van der Waals surface area contributed by atoms with Crippen molar-refractivity contribution in [3.8, 4) is 0 Å². The highest BCUT2D eigenvalue weighted by molar-refractivity contribution is 6.44. The van der Waals surface area contributed by atoms with Crippen LogP contribution in [0.2, 0.25) is 0 Å². The van der Waals surface area contributed by atoms with Crippen molar-refractivity contribution in [2.45, 2.75) is 0 Å². The molecular weight excluding hydrogens is 256 g/mol. The molecule has 0 radical (unpaired) electrons. The minimum Gasteiger partial charge on any atom is -0.263 e. The number of rotatable bonds is 5. The molecule has 2 rings (SSSR count). The summed E-state index contributed by atoms with van der Waals surface area (Å²) in [5, 5.41) is 0. The molecule has 0 aliphatic carbocycles. The number of urea groups is 1. The topological polar surface area (TPSA) is 57.7 Å². The summed E-state index contributed by atoms with van der Waals surface area (Å²) in [6.45, 7) is 3.57. The van der Waals surface area contributed by atoms with Crippen molar-refractivity contribution in [2.24, 2.45) is 0 Å². The van der Waals surface area contributed by atoms with E-state index in [0.29, 0.717) is 0 Å². The Bertz CT molecular complexity index is 578. The van der Waals surface area contributed by atoms with Crippen LogP contribution in [0.25, 0.3) is 6.08 Å². The Balaban J connectivity index is 2.05. The molecule has 1 fully saturated rings. The van der Waals surface area contributed by atoms with Crippen molar-refractivity contribution in [1.29, 1.82) is 0 Å². The number of amides is 4. The molecule has 5 heteroatoms. The van der Waals surface area contributed by atoms with Crippen LogP contribution in [0.3, 0.4) is 0 Å². The van der Waals surface area contributed by atoms with Gasteiger partial charge in [-0.2, -0.15) is 0 Å². The fourth-order valence-corrected chi connectivity index (χ4v) is 1.86. The Hall–Kier alpha value is -2.69. The van der Waals surface area contributed by atoms with Gasteiger partial charge >= 0.3 is 17.8 Å². The zero-order valence-electron chi connectivity index (χ0n) is 10.9. The summed E-state index contributed by atoms with van der Waals surface area (Å²) in [5.74, 6) is -1.60. The molecule has 0 atom stereocenters. The first-order valence-electron chi connectivity index (χ1n) is 6.15. The summed E-state index contributed by atoms with van der Waals surface area (Å²) in [4.78, 5) is 37.0. The third kappa shape index (κ3) is 2.66. The first-order valence-corrected chi connectivity index (χ1v) is 6.15. The van der Waals surface area contributed by atoms with Crippen LogP contribution in [0.5, 0.6) is 0 Å². The van der Waals surface area contributed by atoms with Gasteiger partial charge in [-0.15, -0.1) is 6.58 Å². The maximum absolute atomic E-state index is 11.9. The number of hydrogen-bond acceptors (Lipinski definition) is 3. The Morgan fingerprint density at radius 2 is 1.55 bits per heavy atom. The lowest BCUT2D eigenvalue weighted by Gasteiger charge is -2.11. The molecule has 4 amide bonds. The maximum Gasteiger partial charge on any atom is 0.334 e. The Morgan fingerprint density at radius 1 is 0.950 bits per heavy atom. The predicted molar refractivity (Wildman–Crippen MR) is 74.5 cm³/mol. The van der Waals surface area contributed by atoms with Gasteiger partial charge < -0.3 is 0 Å². The molecule has 1 aliphatic rings. The van der Waals surface area contributed by atoms with Gasteiger partial charge in [0.25, 0.3) is 0 Å².